The number of methoxy groups -OCH3 is 2. The maximum Gasteiger partial charge on any atom is 0.305 e. The van der Waals surface area contributed by atoms with Gasteiger partial charge in [-0.25, -0.2) is 4.98 Å². The van der Waals surface area contributed by atoms with Crippen molar-refractivity contribution in [2.24, 2.45) is 0 Å². The Balaban J connectivity index is 2.39. The average Bonchev–Trinajstić information content (AvgIpc) is 2.92. The molecule has 0 saturated carbocycles. The summed E-state index contributed by atoms with van der Waals surface area (Å²) >= 11 is 1.40. The van der Waals surface area contributed by atoms with Crippen molar-refractivity contribution >= 4 is 28.3 Å². The minimum absolute atomic E-state index is 0.113. The molecular weight excluding hydrogens is 294 g/mol. The fourth-order valence-electron chi connectivity index (χ4n) is 1.50. The summed E-state index contributed by atoms with van der Waals surface area (Å²) in [5.41, 5.74) is 0.805. The minimum Gasteiger partial charge on any atom is -0.469 e. The smallest absolute Gasteiger partial charge is 0.305 e. The zero-order chi connectivity index (χ0) is 15.7. The number of aromatic nitrogens is 1. The molecule has 1 aromatic rings. The van der Waals surface area contributed by atoms with Crippen molar-refractivity contribution in [2.75, 3.05) is 32.7 Å². The van der Waals surface area contributed by atoms with Crippen LogP contribution in [0.1, 0.15) is 19.0 Å². The SMILES string of the molecule is COCCNC(=O)C(C)Nc1nc(CCC(=O)OC)cs1. The Labute approximate surface area is 128 Å². The molecule has 1 rings (SSSR count). The first-order chi connectivity index (χ1) is 10.1. The minimum atomic E-state index is -0.388. The number of hydrogen-bond donors (Lipinski definition) is 2. The quantitative estimate of drug-likeness (QED) is 0.518. The lowest BCUT2D eigenvalue weighted by atomic mass is 10.2. The van der Waals surface area contributed by atoms with Gasteiger partial charge in [0.2, 0.25) is 5.91 Å². The first-order valence-electron chi connectivity index (χ1n) is 6.61. The molecule has 118 valence electrons. The zero-order valence-electron chi connectivity index (χ0n) is 12.5. The van der Waals surface area contributed by atoms with E-state index in [9.17, 15) is 9.59 Å². The average molecular weight is 315 g/mol. The number of aryl methyl sites for hydroxylation is 1. The number of nitrogens with one attached hydrogen (secondary N) is 2. The number of thiazole rings is 1. The lowest BCUT2D eigenvalue weighted by Crippen LogP contribution is -2.39. The number of carbonyl (C=O) groups is 2. The molecule has 7 nitrogen and oxygen atoms in total. The number of hydrogen-bond acceptors (Lipinski definition) is 7. The molecule has 2 N–H and O–H groups in total. The van der Waals surface area contributed by atoms with Gasteiger partial charge in [0, 0.05) is 25.5 Å². The van der Waals surface area contributed by atoms with E-state index in [0.29, 0.717) is 31.1 Å². The molecule has 1 atom stereocenters. The largest absolute Gasteiger partial charge is 0.469 e. The molecule has 0 bridgehead atoms. The van der Waals surface area contributed by atoms with Crippen molar-refractivity contribution in [2.45, 2.75) is 25.8 Å². The standard InChI is InChI=1S/C13H21N3O4S/c1-9(12(18)14-6-7-19-2)15-13-16-10(8-21-13)4-5-11(17)20-3/h8-9H,4-7H2,1-3H3,(H,14,18)(H,15,16). The van der Waals surface area contributed by atoms with E-state index in [1.54, 1.807) is 14.0 Å². The number of amides is 1. The maximum atomic E-state index is 11.8. The van der Waals surface area contributed by atoms with Gasteiger partial charge in [-0.1, -0.05) is 0 Å². The fourth-order valence-corrected chi connectivity index (χ4v) is 2.33. The summed E-state index contributed by atoms with van der Waals surface area (Å²) in [6.07, 6.45) is 0.825. The van der Waals surface area contributed by atoms with Crippen molar-refractivity contribution in [1.29, 1.82) is 0 Å². The third kappa shape index (κ3) is 6.54. The highest BCUT2D eigenvalue weighted by atomic mass is 32.1. The molecule has 0 aliphatic heterocycles. The van der Waals surface area contributed by atoms with Crippen molar-refractivity contribution in [3.05, 3.63) is 11.1 Å². The Bertz CT molecular complexity index is 464. The molecule has 0 spiro atoms. The van der Waals surface area contributed by atoms with E-state index in [1.165, 1.54) is 18.4 Å². The third-order valence-electron chi connectivity index (χ3n) is 2.70. The van der Waals surface area contributed by atoms with E-state index in [-0.39, 0.29) is 17.9 Å². The third-order valence-corrected chi connectivity index (χ3v) is 3.53. The molecule has 0 radical (unpaired) electrons. The zero-order valence-corrected chi connectivity index (χ0v) is 13.3. The predicted octanol–water partition coefficient (Wildman–Crippen LogP) is 0.812. The van der Waals surface area contributed by atoms with Crippen molar-refractivity contribution in [1.82, 2.24) is 10.3 Å². The molecule has 0 aliphatic rings. The Morgan fingerprint density at radius 1 is 1.43 bits per heavy atom. The number of ether oxygens (including phenoxy) is 2. The van der Waals surface area contributed by atoms with E-state index in [0.717, 1.165) is 5.69 Å². The summed E-state index contributed by atoms with van der Waals surface area (Å²) in [6, 6.07) is -0.388. The van der Waals surface area contributed by atoms with Gasteiger partial charge in [0.15, 0.2) is 5.13 Å². The Morgan fingerprint density at radius 3 is 2.86 bits per heavy atom. The van der Waals surface area contributed by atoms with E-state index >= 15 is 0 Å². The van der Waals surface area contributed by atoms with Crippen LogP contribution in [0.15, 0.2) is 5.38 Å². The molecule has 1 amide bonds. The van der Waals surface area contributed by atoms with E-state index in [4.69, 9.17) is 4.74 Å². The van der Waals surface area contributed by atoms with Crippen LogP contribution in [0.3, 0.4) is 0 Å². The van der Waals surface area contributed by atoms with Crippen LogP contribution in [0, 0.1) is 0 Å². The summed E-state index contributed by atoms with van der Waals surface area (Å²) in [7, 11) is 2.94. The lowest BCUT2D eigenvalue weighted by molar-refractivity contribution is -0.140. The molecule has 0 aromatic carbocycles. The molecule has 0 saturated heterocycles. The first-order valence-corrected chi connectivity index (χ1v) is 7.49. The lowest BCUT2D eigenvalue weighted by Gasteiger charge is -2.12. The van der Waals surface area contributed by atoms with Gasteiger partial charge in [0.1, 0.15) is 6.04 Å². The molecule has 1 heterocycles. The van der Waals surface area contributed by atoms with Gasteiger partial charge in [-0.3, -0.25) is 9.59 Å². The van der Waals surface area contributed by atoms with E-state index in [1.807, 2.05) is 5.38 Å². The maximum absolute atomic E-state index is 11.8. The van der Waals surface area contributed by atoms with Crippen LogP contribution in [0.4, 0.5) is 5.13 Å². The van der Waals surface area contributed by atoms with Crippen LogP contribution >= 0.6 is 11.3 Å². The van der Waals surface area contributed by atoms with Crippen molar-refractivity contribution < 1.29 is 19.1 Å². The van der Waals surface area contributed by atoms with Gasteiger partial charge in [-0.05, 0) is 6.92 Å². The highest BCUT2D eigenvalue weighted by Crippen LogP contribution is 2.17. The van der Waals surface area contributed by atoms with Gasteiger partial charge >= 0.3 is 5.97 Å². The molecule has 0 aliphatic carbocycles. The summed E-state index contributed by atoms with van der Waals surface area (Å²) in [6.45, 7) is 2.72. The predicted molar refractivity (Wildman–Crippen MR) is 80.4 cm³/mol. The first kappa shape index (κ1) is 17.4. The van der Waals surface area contributed by atoms with Gasteiger partial charge in [-0.2, -0.15) is 0 Å². The van der Waals surface area contributed by atoms with Gasteiger partial charge < -0.3 is 20.1 Å². The second-order valence-corrected chi connectivity index (χ2v) is 5.23. The van der Waals surface area contributed by atoms with E-state index in [2.05, 4.69) is 20.4 Å². The molecule has 21 heavy (non-hydrogen) atoms. The van der Waals surface area contributed by atoms with Crippen molar-refractivity contribution in [3.63, 3.8) is 0 Å². The van der Waals surface area contributed by atoms with Crippen LogP contribution in [0.2, 0.25) is 0 Å². The summed E-state index contributed by atoms with van der Waals surface area (Å²) < 4.78 is 9.45. The highest BCUT2D eigenvalue weighted by molar-refractivity contribution is 7.13. The Morgan fingerprint density at radius 2 is 2.19 bits per heavy atom. The molecule has 8 heteroatoms. The van der Waals surface area contributed by atoms with Gasteiger partial charge in [-0.15, -0.1) is 11.3 Å². The number of anilines is 1. The van der Waals surface area contributed by atoms with E-state index < -0.39 is 0 Å². The Kier molecular flexibility index (Phi) is 7.70. The topological polar surface area (TPSA) is 89.5 Å². The second-order valence-electron chi connectivity index (χ2n) is 4.37. The van der Waals surface area contributed by atoms with Crippen LogP contribution in [0.5, 0.6) is 0 Å². The Hall–Kier alpha value is -1.67. The van der Waals surface area contributed by atoms with Crippen LogP contribution < -0.4 is 10.6 Å². The molecule has 1 unspecified atom stereocenters. The number of esters is 1. The summed E-state index contributed by atoms with van der Waals surface area (Å²) in [4.78, 5) is 27.2. The second kappa shape index (κ2) is 9.30. The van der Waals surface area contributed by atoms with Gasteiger partial charge in [0.05, 0.1) is 25.8 Å². The van der Waals surface area contributed by atoms with Crippen molar-refractivity contribution in [3.8, 4) is 0 Å². The number of carbonyl (C=O) groups excluding carboxylic acids is 2. The van der Waals surface area contributed by atoms with Crippen LogP contribution in [-0.4, -0.2) is 50.3 Å². The molecule has 1 aromatic heterocycles. The van der Waals surface area contributed by atoms with Gasteiger partial charge in [0.25, 0.3) is 0 Å². The summed E-state index contributed by atoms with van der Waals surface area (Å²) in [5.74, 6) is -0.373. The fraction of sp³-hybridized carbons (Fsp3) is 0.615. The number of nitrogens with zero attached hydrogens (tertiary/aromatic N) is 1. The summed E-state index contributed by atoms with van der Waals surface area (Å²) in [5, 5.41) is 8.29. The highest BCUT2D eigenvalue weighted by Gasteiger charge is 2.14. The van der Waals surface area contributed by atoms with Crippen LogP contribution in [0.25, 0.3) is 0 Å². The number of rotatable bonds is 9. The monoisotopic (exact) mass is 315 g/mol. The molecular formula is C13H21N3O4S. The normalized spacial score (nSPS) is 11.8. The van der Waals surface area contributed by atoms with Crippen LogP contribution in [-0.2, 0) is 25.5 Å². The molecule has 0 fully saturated rings.